The van der Waals surface area contributed by atoms with Crippen LogP contribution in [0.3, 0.4) is 0 Å². The molecule has 0 radical (unpaired) electrons. The Kier molecular flexibility index (Phi) is 4.04. The first-order valence-electron chi connectivity index (χ1n) is 7.00. The molecule has 3 nitrogen and oxygen atoms in total. The van der Waals surface area contributed by atoms with Gasteiger partial charge in [0.25, 0.3) is 0 Å². The number of aliphatic hydroxyl groups is 1. The van der Waals surface area contributed by atoms with Crippen LogP contribution in [0.25, 0.3) is 0 Å². The molecule has 0 aromatic heterocycles. The maximum Gasteiger partial charge on any atom is 0.161 e. The number of benzene rings is 1. The van der Waals surface area contributed by atoms with Gasteiger partial charge in [-0.05, 0) is 29.2 Å². The topological polar surface area (TPSA) is 38.7 Å². The third kappa shape index (κ3) is 2.86. The molecule has 0 fully saturated rings. The van der Waals surface area contributed by atoms with Crippen LogP contribution in [0.4, 0.5) is 0 Å². The van der Waals surface area contributed by atoms with E-state index < -0.39 is 0 Å². The molecule has 3 heteroatoms. The van der Waals surface area contributed by atoms with Gasteiger partial charge in [-0.1, -0.05) is 27.7 Å². The van der Waals surface area contributed by atoms with Crippen LogP contribution in [0.1, 0.15) is 51.2 Å². The van der Waals surface area contributed by atoms with Gasteiger partial charge in [0.15, 0.2) is 11.5 Å². The predicted molar refractivity (Wildman–Crippen MR) is 76.2 cm³/mol. The summed E-state index contributed by atoms with van der Waals surface area (Å²) in [5, 5.41) is 9.64. The van der Waals surface area contributed by atoms with E-state index in [2.05, 4.69) is 33.8 Å². The summed E-state index contributed by atoms with van der Waals surface area (Å²) in [5.74, 6) is 2.02. The maximum atomic E-state index is 9.64. The molecule has 106 valence electrons. The van der Waals surface area contributed by atoms with E-state index in [0.29, 0.717) is 19.1 Å². The molecular formula is C16H24O3. The van der Waals surface area contributed by atoms with Gasteiger partial charge in [-0.15, -0.1) is 0 Å². The SMILES string of the molecule is CC(C)c1cc2c(cc1C(C)(C)CO)OCCCO2. The zero-order chi connectivity index (χ0) is 14.0. The van der Waals surface area contributed by atoms with Crippen molar-refractivity contribution in [3.63, 3.8) is 0 Å². The Labute approximate surface area is 115 Å². The first kappa shape index (κ1) is 14.2. The molecule has 1 N–H and O–H groups in total. The Morgan fingerprint density at radius 1 is 1.16 bits per heavy atom. The number of ether oxygens (including phenoxy) is 2. The first-order chi connectivity index (χ1) is 8.95. The summed E-state index contributed by atoms with van der Waals surface area (Å²) in [6.45, 7) is 9.94. The number of aliphatic hydroxyl groups excluding tert-OH is 1. The average Bonchev–Trinajstić information content (AvgIpc) is 2.61. The van der Waals surface area contributed by atoms with Crippen LogP contribution < -0.4 is 9.47 Å². The van der Waals surface area contributed by atoms with Gasteiger partial charge in [-0.3, -0.25) is 0 Å². The van der Waals surface area contributed by atoms with Crippen LogP contribution >= 0.6 is 0 Å². The van der Waals surface area contributed by atoms with Crippen LogP contribution in [0, 0.1) is 0 Å². The molecule has 1 heterocycles. The summed E-state index contributed by atoms with van der Waals surface area (Å²) in [6, 6.07) is 4.13. The lowest BCUT2D eigenvalue weighted by molar-refractivity contribution is 0.217. The normalized spacial score (nSPS) is 15.5. The van der Waals surface area contributed by atoms with Gasteiger partial charge in [0.1, 0.15) is 0 Å². The standard InChI is InChI=1S/C16H24O3/c1-11(2)12-8-14-15(19-7-5-6-18-14)9-13(12)16(3,4)10-17/h8-9,11,17H,5-7,10H2,1-4H3. The summed E-state index contributed by atoms with van der Waals surface area (Å²) in [4.78, 5) is 0. The van der Waals surface area contributed by atoms with E-state index in [0.717, 1.165) is 23.5 Å². The monoisotopic (exact) mass is 264 g/mol. The zero-order valence-electron chi connectivity index (χ0n) is 12.3. The van der Waals surface area contributed by atoms with Crippen molar-refractivity contribution < 1.29 is 14.6 Å². The fraction of sp³-hybridized carbons (Fsp3) is 0.625. The summed E-state index contributed by atoms with van der Waals surface area (Å²) in [5.41, 5.74) is 2.10. The highest BCUT2D eigenvalue weighted by molar-refractivity contribution is 5.51. The number of hydrogen-bond donors (Lipinski definition) is 1. The fourth-order valence-corrected chi connectivity index (χ4v) is 2.37. The molecule has 1 aliphatic heterocycles. The molecule has 1 aromatic carbocycles. The van der Waals surface area contributed by atoms with E-state index in [4.69, 9.17) is 9.47 Å². The quantitative estimate of drug-likeness (QED) is 0.911. The molecule has 1 aliphatic rings. The average molecular weight is 264 g/mol. The van der Waals surface area contributed by atoms with Crippen molar-refractivity contribution in [3.8, 4) is 11.5 Å². The van der Waals surface area contributed by atoms with Crippen LogP contribution in [-0.2, 0) is 5.41 Å². The number of fused-ring (bicyclic) bond motifs is 1. The molecule has 0 unspecified atom stereocenters. The minimum atomic E-state index is -0.274. The van der Waals surface area contributed by atoms with Gasteiger partial charge in [-0.25, -0.2) is 0 Å². The van der Waals surface area contributed by atoms with Gasteiger partial charge < -0.3 is 14.6 Å². The van der Waals surface area contributed by atoms with Gasteiger partial charge in [-0.2, -0.15) is 0 Å². The summed E-state index contributed by atoms with van der Waals surface area (Å²) in [6.07, 6.45) is 0.907. The number of hydrogen-bond acceptors (Lipinski definition) is 3. The molecule has 0 saturated heterocycles. The van der Waals surface area contributed by atoms with E-state index in [9.17, 15) is 5.11 Å². The second-order valence-corrected chi connectivity index (χ2v) is 6.13. The van der Waals surface area contributed by atoms with E-state index >= 15 is 0 Å². The van der Waals surface area contributed by atoms with E-state index in [1.807, 2.05) is 6.07 Å². The van der Waals surface area contributed by atoms with Crippen LogP contribution in [-0.4, -0.2) is 24.9 Å². The molecule has 19 heavy (non-hydrogen) atoms. The van der Waals surface area contributed by atoms with Crippen LogP contribution in [0.15, 0.2) is 12.1 Å². The van der Waals surface area contributed by atoms with Crippen molar-refractivity contribution in [2.75, 3.05) is 19.8 Å². The van der Waals surface area contributed by atoms with E-state index in [1.54, 1.807) is 0 Å². The molecule has 0 bridgehead atoms. The molecule has 0 atom stereocenters. The predicted octanol–water partition coefficient (Wildman–Crippen LogP) is 3.24. The minimum Gasteiger partial charge on any atom is -0.490 e. The molecule has 0 spiro atoms. The van der Waals surface area contributed by atoms with E-state index in [-0.39, 0.29) is 12.0 Å². The third-order valence-electron chi connectivity index (χ3n) is 3.67. The summed E-state index contributed by atoms with van der Waals surface area (Å²) in [7, 11) is 0. The van der Waals surface area contributed by atoms with Crippen LogP contribution in [0.2, 0.25) is 0 Å². The lowest BCUT2D eigenvalue weighted by atomic mass is 9.79. The summed E-state index contributed by atoms with van der Waals surface area (Å²) < 4.78 is 11.5. The maximum absolute atomic E-state index is 9.64. The summed E-state index contributed by atoms with van der Waals surface area (Å²) >= 11 is 0. The largest absolute Gasteiger partial charge is 0.490 e. The second-order valence-electron chi connectivity index (χ2n) is 6.13. The highest BCUT2D eigenvalue weighted by Crippen LogP contribution is 2.40. The van der Waals surface area contributed by atoms with Crippen molar-refractivity contribution >= 4 is 0 Å². The van der Waals surface area contributed by atoms with Gasteiger partial charge >= 0.3 is 0 Å². The van der Waals surface area contributed by atoms with Crippen molar-refractivity contribution in [2.24, 2.45) is 0 Å². The molecule has 0 amide bonds. The van der Waals surface area contributed by atoms with E-state index in [1.165, 1.54) is 5.56 Å². The smallest absolute Gasteiger partial charge is 0.161 e. The Morgan fingerprint density at radius 2 is 1.74 bits per heavy atom. The Balaban J connectivity index is 2.55. The van der Waals surface area contributed by atoms with Crippen molar-refractivity contribution in [1.29, 1.82) is 0 Å². The first-order valence-corrected chi connectivity index (χ1v) is 7.00. The third-order valence-corrected chi connectivity index (χ3v) is 3.67. The second kappa shape index (κ2) is 5.41. The van der Waals surface area contributed by atoms with Crippen molar-refractivity contribution in [1.82, 2.24) is 0 Å². The number of rotatable bonds is 3. The van der Waals surface area contributed by atoms with Crippen LogP contribution in [0.5, 0.6) is 11.5 Å². The molecule has 0 saturated carbocycles. The van der Waals surface area contributed by atoms with Gasteiger partial charge in [0.2, 0.25) is 0 Å². The molecular weight excluding hydrogens is 240 g/mol. The highest BCUT2D eigenvalue weighted by Gasteiger charge is 2.27. The lowest BCUT2D eigenvalue weighted by Gasteiger charge is -2.28. The Hall–Kier alpha value is -1.22. The zero-order valence-corrected chi connectivity index (χ0v) is 12.3. The minimum absolute atomic E-state index is 0.117. The highest BCUT2D eigenvalue weighted by atomic mass is 16.5. The fourth-order valence-electron chi connectivity index (χ4n) is 2.37. The van der Waals surface area contributed by atoms with Crippen molar-refractivity contribution in [2.45, 2.75) is 45.4 Å². The lowest BCUT2D eigenvalue weighted by Crippen LogP contribution is -2.24. The van der Waals surface area contributed by atoms with Crippen molar-refractivity contribution in [3.05, 3.63) is 23.3 Å². The Morgan fingerprint density at radius 3 is 2.26 bits per heavy atom. The Bertz CT molecular complexity index is 450. The molecule has 1 aromatic rings. The molecule has 0 aliphatic carbocycles. The van der Waals surface area contributed by atoms with Gasteiger partial charge in [0.05, 0.1) is 19.8 Å². The van der Waals surface area contributed by atoms with Gasteiger partial charge in [0, 0.05) is 11.8 Å². The molecule has 2 rings (SSSR count).